The third-order valence-electron chi connectivity index (χ3n) is 6.03. The molecule has 0 radical (unpaired) electrons. The predicted molar refractivity (Wildman–Crippen MR) is 93.0 cm³/mol. The van der Waals surface area contributed by atoms with Crippen molar-refractivity contribution in [3.63, 3.8) is 0 Å². The second-order valence-electron chi connectivity index (χ2n) is 7.51. The molecule has 0 spiro atoms. The summed E-state index contributed by atoms with van der Waals surface area (Å²) < 4.78 is 1.27. The van der Waals surface area contributed by atoms with Crippen LogP contribution in [0.3, 0.4) is 0 Å². The maximum Gasteiger partial charge on any atom is 0.127 e. The summed E-state index contributed by atoms with van der Waals surface area (Å²) in [4.78, 5) is 3.62. The Balaban J connectivity index is 1.26. The van der Waals surface area contributed by atoms with E-state index in [0.29, 0.717) is 0 Å². The number of piperazine rings is 1. The van der Waals surface area contributed by atoms with Crippen LogP contribution in [0.2, 0.25) is 0 Å². The first kappa shape index (κ1) is 14.9. The zero-order valence-electron chi connectivity index (χ0n) is 13.2. The molecule has 0 amide bonds. The normalized spacial score (nSPS) is 36.9. The topological polar surface area (TPSA) is 8.88 Å². The van der Waals surface area contributed by atoms with Crippen LogP contribution in [0.1, 0.15) is 18.4 Å². The van der Waals surface area contributed by atoms with Crippen LogP contribution in [0.4, 0.5) is 0 Å². The summed E-state index contributed by atoms with van der Waals surface area (Å²) in [5, 5.41) is 0. The maximum atomic E-state index is 3.69. The van der Waals surface area contributed by atoms with E-state index in [1.165, 1.54) is 62.1 Å². The van der Waals surface area contributed by atoms with Crippen LogP contribution in [-0.4, -0.2) is 32.7 Å². The van der Waals surface area contributed by atoms with Gasteiger partial charge in [-0.05, 0) is 30.7 Å². The zero-order chi connectivity index (χ0) is 14.9. The minimum absolute atomic E-state index is 0.920. The van der Waals surface area contributed by atoms with Crippen LogP contribution < -0.4 is 9.80 Å². The van der Waals surface area contributed by atoms with E-state index in [-0.39, 0.29) is 0 Å². The van der Waals surface area contributed by atoms with Crippen molar-refractivity contribution in [3.8, 4) is 0 Å². The molecule has 4 rings (SSSR count). The van der Waals surface area contributed by atoms with Crippen LogP contribution in [0.5, 0.6) is 0 Å². The van der Waals surface area contributed by atoms with E-state index in [2.05, 4.69) is 52.3 Å². The molecule has 1 heterocycles. The van der Waals surface area contributed by atoms with Gasteiger partial charge in [-0.2, -0.15) is 0 Å². The van der Waals surface area contributed by atoms with Crippen molar-refractivity contribution in [1.29, 1.82) is 0 Å². The average Bonchev–Trinajstić information content (AvgIpc) is 3.14. The number of halogens is 1. The molecule has 1 saturated heterocycles. The summed E-state index contributed by atoms with van der Waals surface area (Å²) in [5.74, 6) is 2.83. The Kier molecular flexibility index (Phi) is 4.38. The van der Waals surface area contributed by atoms with Crippen molar-refractivity contribution in [2.75, 3.05) is 32.7 Å². The van der Waals surface area contributed by atoms with Crippen molar-refractivity contribution in [2.45, 2.75) is 19.4 Å². The minimum Gasteiger partial charge on any atom is -0.325 e. The van der Waals surface area contributed by atoms with E-state index in [1.807, 2.05) is 4.90 Å². The Morgan fingerprint density at radius 3 is 2.41 bits per heavy atom. The molecule has 0 unspecified atom stereocenters. The lowest BCUT2D eigenvalue weighted by atomic mass is 9.93. The third kappa shape index (κ3) is 3.17. The minimum atomic E-state index is 0.920. The molecule has 22 heavy (non-hydrogen) atoms. The highest BCUT2D eigenvalue weighted by molar-refractivity contribution is 9.10. The fourth-order valence-electron chi connectivity index (χ4n) is 4.75. The zero-order valence-corrected chi connectivity index (χ0v) is 14.8. The summed E-state index contributed by atoms with van der Waals surface area (Å²) >= 11 is 3.69. The van der Waals surface area contributed by atoms with Gasteiger partial charge in [-0.15, -0.1) is 0 Å². The van der Waals surface area contributed by atoms with Gasteiger partial charge < -0.3 is 9.80 Å². The molecule has 3 heteroatoms. The van der Waals surface area contributed by atoms with Crippen LogP contribution in [-0.2, 0) is 6.54 Å². The van der Waals surface area contributed by atoms with E-state index in [0.717, 1.165) is 17.8 Å². The van der Waals surface area contributed by atoms with Gasteiger partial charge in [0.1, 0.15) is 32.7 Å². The fourth-order valence-corrected chi connectivity index (χ4v) is 5.17. The molecular weight excluding hydrogens is 336 g/mol. The van der Waals surface area contributed by atoms with Crippen LogP contribution in [0.15, 0.2) is 40.9 Å². The molecule has 118 valence electrons. The van der Waals surface area contributed by atoms with E-state index < -0.39 is 0 Å². The SMILES string of the molecule is Brc1ccccc1C[NH+]1CC[NH+](C[C@@H]2C[C@@H]3C=C[C@H]2C3)CC1. The standard InChI is InChI=1S/C19H25BrN2/c20-19-4-2-1-3-17(19)13-21-7-9-22(10-8-21)14-18-12-15-5-6-16(18)11-15/h1-6,15-16,18H,7-14H2/p+2/t15-,16+,18+/m1/s1. The van der Waals surface area contributed by atoms with E-state index in [1.54, 1.807) is 4.90 Å². The highest BCUT2D eigenvalue weighted by Gasteiger charge is 2.38. The molecule has 2 aliphatic carbocycles. The summed E-state index contributed by atoms with van der Waals surface area (Å²) in [6.45, 7) is 7.97. The second kappa shape index (κ2) is 6.46. The number of quaternary nitrogens is 2. The molecule has 2 bridgehead atoms. The summed E-state index contributed by atoms with van der Waals surface area (Å²) in [5.41, 5.74) is 1.46. The Morgan fingerprint density at radius 2 is 1.73 bits per heavy atom. The van der Waals surface area contributed by atoms with Crippen molar-refractivity contribution in [2.24, 2.45) is 17.8 Å². The Bertz CT molecular complexity index is 548. The predicted octanol–water partition coefficient (Wildman–Crippen LogP) is 0.945. The van der Waals surface area contributed by atoms with Crippen LogP contribution in [0, 0.1) is 17.8 Å². The molecule has 3 atom stereocenters. The van der Waals surface area contributed by atoms with Gasteiger partial charge in [-0.3, -0.25) is 0 Å². The molecule has 1 aliphatic heterocycles. The van der Waals surface area contributed by atoms with Gasteiger partial charge in [-0.25, -0.2) is 0 Å². The number of benzene rings is 1. The summed E-state index contributed by atoms with van der Waals surface area (Å²) in [6, 6.07) is 8.69. The van der Waals surface area contributed by atoms with Crippen molar-refractivity contribution < 1.29 is 9.80 Å². The molecule has 1 aromatic rings. The number of rotatable bonds is 4. The third-order valence-corrected chi connectivity index (χ3v) is 6.80. The van der Waals surface area contributed by atoms with E-state index >= 15 is 0 Å². The average molecular weight is 363 g/mol. The van der Waals surface area contributed by atoms with Gasteiger partial charge in [0.25, 0.3) is 0 Å². The molecule has 0 aromatic heterocycles. The molecule has 2 fully saturated rings. The smallest absolute Gasteiger partial charge is 0.127 e. The largest absolute Gasteiger partial charge is 0.325 e. The van der Waals surface area contributed by atoms with Crippen molar-refractivity contribution in [1.82, 2.24) is 0 Å². The molecule has 2 nitrogen and oxygen atoms in total. The first-order valence-electron chi connectivity index (χ1n) is 8.87. The summed E-state index contributed by atoms with van der Waals surface area (Å²) in [6.07, 6.45) is 7.90. The summed E-state index contributed by atoms with van der Waals surface area (Å²) in [7, 11) is 0. The quantitative estimate of drug-likeness (QED) is 0.737. The first-order valence-corrected chi connectivity index (χ1v) is 9.66. The van der Waals surface area contributed by atoms with Gasteiger partial charge in [0, 0.05) is 16.0 Å². The number of fused-ring (bicyclic) bond motifs is 2. The lowest BCUT2D eigenvalue weighted by molar-refractivity contribution is -1.02. The van der Waals surface area contributed by atoms with Crippen molar-refractivity contribution >= 4 is 15.9 Å². The van der Waals surface area contributed by atoms with E-state index in [9.17, 15) is 0 Å². The Hall–Kier alpha value is -0.640. The van der Waals surface area contributed by atoms with Gasteiger partial charge in [0.2, 0.25) is 0 Å². The van der Waals surface area contributed by atoms with Crippen LogP contribution in [0.25, 0.3) is 0 Å². The molecule has 1 aromatic carbocycles. The Labute approximate surface area is 142 Å². The molecular formula is C19H27BrN2+2. The monoisotopic (exact) mass is 362 g/mol. The molecule has 2 N–H and O–H groups in total. The van der Waals surface area contributed by atoms with Gasteiger partial charge in [0.05, 0.1) is 6.54 Å². The van der Waals surface area contributed by atoms with Crippen molar-refractivity contribution in [3.05, 3.63) is 46.5 Å². The number of nitrogens with one attached hydrogen (secondary N) is 2. The molecule has 1 saturated carbocycles. The highest BCUT2D eigenvalue weighted by Crippen LogP contribution is 2.42. The van der Waals surface area contributed by atoms with Gasteiger partial charge in [-0.1, -0.05) is 46.3 Å². The van der Waals surface area contributed by atoms with E-state index in [4.69, 9.17) is 0 Å². The number of allylic oxidation sites excluding steroid dienone is 2. The lowest BCUT2D eigenvalue weighted by Crippen LogP contribution is -3.27. The Morgan fingerprint density at radius 1 is 0.955 bits per heavy atom. The lowest BCUT2D eigenvalue weighted by Gasteiger charge is -2.32. The van der Waals surface area contributed by atoms with Gasteiger partial charge >= 0.3 is 0 Å². The second-order valence-corrected chi connectivity index (χ2v) is 8.37. The highest BCUT2D eigenvalue weighted by atomic mass is 79.9. The number of hydrogen-bond donors (Lipinski definition) is 2. The first-order chi connectivity index (χ1) is 10.8. The fraction of sp³-hybridized carbons (Fsp3) is 0.579. The van der Waals surface area contributed by atoms with Gasteiger partial charge in [0.15, 0.2) is 0 Å². The number of hydrogen-bond acceptors (Lipinski definition) is 0. The molecule has 3 aliphatic rings. The maximum absolute atomic E-state index is 3.69. The van der Waals surface area contributed by atoms with Crippen LogP contribution >= 0.6 is 15.9 Å².